The zero-order valence-electron chi connectivity index (χ0n) is 41.5. The van der Waals surface area contributed by atoms with Crippen LogP contribution in [0.15, 0.2) is 200 Å². The second-order valence-electron chi connectivity index (χ2n) is 19.0. The molecule has 0 amide bonds. The summed E-state index contributed by atoms with van der Waals surface area (Å²) in [6, 6.07) is 65.1. The third-order valence-corrected chi connectivity index (χ3v) is 14.6. The van der Waals surface area contributed by atoms with Gasteiger partial charge in [-0.05, 0) is 123 Å². The van der Waals surface area contributed by atoms with Crippen LogP contribution < -0.4 is 0 Å². The Bertz CT molecular complexity index is 4600. The molecule has 0 radical (unpaired) electrons. The smallest absolute Gasteiger partial charge is 0.309 e. The van der Waals surface area contributed by atoms with Crippen molar-refractivity contribution in [3.05, 3.63) is 239 Å². The highest BCUT2D eigenvalue weighted by Gasteiger charge is 2.39. The van der Waals surface area contributed by atoms with Crippen molar-refractivity contribution in [1.29, 1.82) is 26.3 Å². The number of alkyl halides is 6. The molecule has 12 aromatic rings. The summed E-state index contributed by atoms with van der Waals surface area (Å²) in [4.78, 5) is 0. The lowest BCUT2D eigenvalue weighted by molar-refractivity contribution is -0.142. The molecule has 0 atom stereocenters. The van der Waals surface area contributed by atoms with Crippen LogP contribution in [0.4, 0.5) is 26.3 Å². The van der Waals surface area contributed by atoms with Gasteiger partial charge in [0.1, 0.15) is 6.07 Å². The molecule has 0 unspecified atom stereocenters. The van der Waals surface area contributed by atoms with E-state index in [1.165, 1.54) is 12.1 Å². The molecule has 0 fully saturated rings. The minimum atomic E-state index is -5.36. The lowest BCUT2D eigenvalue weighted by atomic mass is 9.93. The summed E-state index contributed by atoms with van der Waals surface area (Å²) in [6.45, 7) is 0. The van der Waals surface area contributed by atoms with Crippen LogP contribution in [0.5, 0.6) is 0 Å². The van der Waals surface area contributed by atoms with Gasteiger partial charge in [-0.15, -0.1) is 0 Å². The SMILES string of the molecule is N#Cc1ccccc1-c1ccc2c3ccc(-c4ccccc4C#N)cc3n(-c3cc(-c4ccc(C(F)(F)F)cc4C(F)(F)F)c(-n4c5cc(-c6ccccc6C#N)ccc5c5ccc(-c6ccccc6C#N)cc54)cc3C#N)c2c1. The molecule has 0 saturated carbocycles. The Morgan fingerprint density at radius 1 is 0.287 bits per heavy atom. The third-order valence-electron chi connectivity index (χ3n) is 14.6. The average Bonchev–Trinajstić information content (AvgIpc) is 4.22. The van der Waals surface area contributed by atoms with Crippen molar-refractivity contribution in [2.75, 3.05) is 0 Å². The molecule has 0 bridgehead atoms. The first kappa shape index (κ1) is 49.7. The third kappa shape index (κ3) is 8.21. The van der Waals surface area contributed by atoms with Gasteiger partial charge < -0.3 is 9.13 Å². The number of hydrogen-bond donors (Lipinski definition) is 0. The lowest BCUT2D eigenvalue weighted by Gasteiger charge is -2.22. The van der Waals surface area contributed by atoms with Gasteiger partial charge in [0, 0.05) is 27.1 Å². The van der Waals surface area contributed by atoms with E-state index in [0.29, 0.717) is 116 Å². The number of nitriles is 5. The first-order chi connectivity index (χ1) is 38.7. The van der Waals surface area contributed by atoms with E-state index in [1.807, 2.05) is 60.7 Å². The zero-order chi connectivity index (χ0) is 55.6. The first-order valence-electron chi connectivity index (χ1n) is 24.7. The second kappa shape index (κ2) is 19.1. The fraction of sp³-hybridized carbons (Fsp3) is 0.0299. The molecule has 0 aliphatic heterocycles. The van der Waals surface area contributed by atoms with Gasteiger partial charge in [-0.1, -0.05) is 127 Å². The minimum Gasteiger partial charge on any atom is -0.309 e. The monoisotopic (exact) mass is 1050 g/mol. The Balaban J connectivity index is 1.26. The largest absolute Gasteiger partial charge is 0.417 e. The van der Waals surface area contributed by atoms with Crippen molar-refractivity contribution in [3.63, 3.8) is 0 Å². The molecule has 13 heteroatoms. The minimum absolute atomic E-state index is 0.0139. The molecule has 2 heterocycles. The molecule has 0 saturated heterocycles. The number of halogens is 6. The molecule has 0 N–H and O–H groups in total. The van der Waals surface area contributed by atoms with E-state index in [0.717, 1.165) is 6.07 Å². The number of rotatable bonds is 7. The van der Waals surface area contributed by atoms with Gasteiger partial charge in [0.2, 0.25) is 0 Å². The second-order valence-corrected chi connectivity index (χ2v) is 19.0. The van der Waals surface area contributed by atoms with Crippen LogP contribution in [0.3, 0.4) is 0 Å². The normalized spacial score (nSPS) is 11.6. The van der Waals surface area contributed by atoms with Gasteiger partial charge in [0.15, 0.2) is 0 Å². The Hall–Kier alpha value is -11.2. The van der Waals surface area contributed by atoms with Crippen LogP contribution in [0.2, 0.25) is 0 Å². The Kier molecular flexibility index (Phi) is 11.9. The fourth-order valence-corrected chi connectivity index (χ4v) is 11.0. The summed E-state index contributed by atoms with van der Waals surface area (Å²) >= 11 is 0. The summed E-state index contributed by atoms with van der Waals surface area (Å²) in [5.74, 6) is 0. The van der Waals surface area contributed by atoms with Crippen LogP contribution in [-0.4, -0.2) is 9.13 Å². The van der Waals surface area contributed by atoms with Gasteiger partial charge in [0.05, 0.1) is 96.7 Å². The van der Waals surface area contributed by atoms with Crippen molar-refractivity contribution in [2.24, 2.45) is 0 Å². The lowest BCUT2D eigenvalue weighted by Crippen LogP contribution is -2.13. The van der Waals surface area contributed by atoms with E-state index in [9.17, 15) is 39.5 Å². The van der Waals surface area contributed by atoms with Crippen LogP contribution in [0.1, 0.15) is 38.9 Å². The summed E-state index contributed by atoms with van der Waals surface area (Å²) < 4.78 is 94.7. The van der Waals surface area contributed by atoms with E-state index < -0.39 is 29.0 Å². The molecule has 10 aromatic carbocycles. The van der Waals surface area contributed by atoms with Crippen LogP contribution >= 0.6 is 0 Å². The highest BCUT2D eigenvalue weighted by Crippen LogP contribution is 2.48. The molecule has 12 rings (SSSR count). The standard InChI is InChI=1S/C67H33F6N7/c68-66(69,70)48-21-26-53(59(32-48)67(71,72)73)58-33-60(79-61-27-39(49-13-5-1-9-43(49)34-74)17-22-54(61)55-23-18-40(28-62(55)79)50-14-6-2-10-44(50)35-75)47(38-78)31-65(58)80-63-29-41(51-15-7-3-11-45(51)36-76)19-24-56(63)57-25-20-42(30-64(57)80)52-16-8-4-12-46(52)37-77/h1-33H. The molecular formula is C67H33F6N7. The van der Waals surface area contributed by atoms with Crippen molar-refractivity contribution in [3.8, 4) is 97.4 Å². The maximum absolute atomic E-state index is 15.8. The maximum Gasteiger partial charge on any atom is 0.417 e. The number of benzene rings is 10. The van der Waals surface area contributed by atoms with Crippen molar-refractivity contribution >= 4 is 43.6 Å². The van der Waals surface area contributed by atoms with Crippen LogP contribution in [-0.2, 0) is 12.4 Å². The molecule has 0 spiro atoms. The maximum atomic E-state index is 15.8. The van der Waals surface area contributed by atoms with Crippen LogP contribution in [0.25, 0.3) is 111 Å². The summed E-state index contributed by atoms with van der Waals surface area (Å²) in [7, 11) is 0. The average molecular weight is 1050 g/mol. The molecule has 80 heavy (non-hydrogen) atoms. The van der Waals surface area contributed by atoms with Gasteiger partial charge >= 0.3 is 12.4 Å². The van der Waals surface area contributed by atoms with Gasteiger partial charge in [-0.25, -0.2) is 0 Å². The summed E-state index contributed by atoms with van der Waals surface area (Å²) in [6.07, 6.45) is -10.5. The molecule has 0 aliphatic rings. The number of fused-ring (bicyclic) bond motifs is 6. The molecule has 2 aromatic heterocycles. The van der Waals surface area contributed by atoms with Gasteiger partial charge in [0.25, 0.3) is 0 Å². The number of hydrogen-bond acceptors (Lipinski definition) is 5. The number of aromatic nitrogens is 2. The Morgan fingerprint density at radius 3 is 0.950 bits per heavy atom. The van der Waals surface area contributed by atoms with E-state index in [2.05, 4.69) is 30.3 Å². The molecular weight excluding hydrogens is 1020 g/mol. The van der Waals surface area contributed by atoms with Crippen LogP contribution in [0, 0.1) is 56.7 Å². The van der Waals surface area contributed by atoms with Crippen molar-refractivity contribution in [1.82, 2.24) is 9.13 Å². The zero-order valence-corrected chi connectivity index (χ0v) is 41.5. The first-order valence-corrected chi connectivity index (χ1v) is 24.7. The topological polar surface area (TPSA) is 129 Å². The Labute approximate surface area is 452 Å². The quantitative estimate of drug-likeness (QED) is 0.147. The van der Waals surface area contributed by atoms with E-state index in [1.54, 1.807) is 118 Å². The van der Waals surface area contributed by atoms with E-state index in [4.69, 9.17) is 0 Å². The van der Waals surface area contributed by atoms with Gasteiger partial charge in [-0.2, -0.15) is 52.7 Å². The van der Waals surface area contributed by atoms with E-state index in [-0.39, 0.29) is 28.6 Å². The predicted octanol–water partition coefficient (Wildman–Crippen LogP) is 17.6. The van der Waals surface area contributed by atoms with E-state index >= 15 is 13.2 Å². The molecule has 0 aliphatic carbocycles. The highest BCUT2D eigenvalue weighted by molar-refractivity contribution is 6.13. The molecule has 7 nitrogen and oxygen atoms in total. The van der Waals surface area contributed by atoms with Crippen molar-refractivity contribution in [2.45, 2.75) is 12.4 Å². The fourth-order valence-electron chi connectivity index (χ4n) is 11.0. The predicted molar refractivity (Wildman–Crippen MR) is 296 cm³/mol. The molecule has 378 valence electrons. The Morgan fingerprint density at radius 2 is 0.625 bits per heavy atom. The number of nitrogens with zero attached hydrogens (tertiary/aromatic N) is 7. The summed E-state index contributed by atoms with van der Waals surface area (Å²) in [5.41, 5.74) is 3.75. The highest BCUT2D eigenvalue weighted by atomic mass is 19.4. The van der Waals surface area contributed by atoms with Gasteiger partial charge in [-0.3, -0.25) is 0 Å². The van der Waals surface area contributed by atoms with Crippen molar-refractivity contribution < 1.29 is 26.3 Å². The summed E-state index contributed by atoms with van der Waals surface area (Å²) in [5, 5.41) is 55.0.